The summed E-state index contributed by atoms with van der Waals surface area (Å²) in [5.74, 6) is -0.292. The number of carbonyl (C=O) groups excluding carboxylic acids is 1. The number of aryl methyl sites for hydroxylation is 1. The van der Waals surface area contributed by atoms with Gasteiger partial charge in [-0.2, -0.15) is 5.10 Å². The van der Waals surface area contributed by atoms with Gasteiger partial charge in [0.05, 0.1) is 17.0 Å². The third-order valence-corrected chi connectivity index (χ3v) is 2.51. The molecule has 0 saturated heterocycles. The van der Waals surface area contributed by atoms with Crippen LogP contribution in [-0.2, 0) is 0 Å². The lowest BCUT2D eigenvalue weighted by Crippen LogP contribution is -2.19. The molecule has 0 saturated carbocycles. The first-order chi connectivity index (χ1) is 9.16. The number of nitrogens with one attached hydrogen (secondary N) is 1. The number of pyridine rings is 2. The predicted molar refractivity (Wildman–Crippen MR) is 72.9 cm³/mol. The van der Waals surface area contributed by atoms with Gasteiger partial charge in [-0.25, -0.2) is 5.43 Å². The van der Waals surface area contributed by atoms with E-state index < -0.39 is 0 Å². The molecular formula is C14H14N4O. The summed E-state index contributed by atoms with van der Waals surface area (Å²) in [7, 11) is 0. The molecule has 0 atom stereocenters. The van der Waals surface area contributed by atoms with Crippen molar-refractivity contribution in [3.05, 3.63) is 59.7 Å². The van der Waals surface area contributed by atoms with Crippen molar-refractivity contribution >= 4 is 11.6 Å². The first kappa shape index (κ1) is 12.9. The molecule has 0 aromatic carbocycles. The first-order valence-electron chi connectivity index (χ1n) is 5.85. The standard InChI is InChI=1S/C14H14N4O/c1-10-5-3-7-13(16-10)11(2)17-18-14(19)12-6-4-8-15-9-12/h3-9H,1-2H3,(H,18,19). The minimum atomic E-state index is -0.292. The normalized spacial score (nSPS) is 11.2. The van der Waals surface area contributed by atoms with Crippen LogP contribution in [0.25, 0.3) is 0 Å². The van der Waals surface area contributed by atoms with Crippen molar-refractivity contribution in [1.29, 1.82) is 0 Å². The van der Waals surface area contributed by atoms with Crippen molar-refractivity contribution in [2.24, 2.45) is 5.10 Å². The molecule has 5 nitrogen and oxygen atoms in total. The maximum absolute atomic E-state index is 11.8. The second kappa shape index (κ2) is 5.86. The van der Waals surface area contributed by atoms with E-state index in [1.807, 2.05) is 25.1 Å². The van der Waals surface area contributed by atoms with Crippen LogP contribution in [0.2, 0.25) is 0 Å². The number of rotatable bonds is 3. The molecule has 2 aromatic rings. The van der Waals surface area contributed by atoms with E-state index in [0.29, 0.717) is 11.3 Å². The molecule has 96 valence electrons. The molecule has 0 bridgehead atoms. The average Bonchev–Trinajstić information content (AvgIpc) is 2.45. The maximum Gasteiger partial charge on any atom is 0.272 e. The number of hydrogen-bond acceptors (Lipinski definition) is 4. The summed E-state index contributed by atoms with van der Waals surface area (Å²) in [4.78, 5) is 20.0. The Bertz CT molecular complexity index is 608. The van der Waals surface area contributed by atoms with E-state index in [9.17, 15) is 4.79 Å². The van der Waals surface area contributed by atoms with E-state index in [1.165, 1.54) is 6.20 Å². The average molecular weight is 254 g/mol. The molecule has 0 radical (unpaired) electrons. The molecule has 2 rings (SSSR count). The summed E-state index contributed by atoms with van der Waals surface area (Å²) < 4.78 is 0. The minimum Gasteiger partial charge on any atom is -0.267 e. The summed E-state index contributed by atoms with van der Waals surface area (Å²) in [5, 5.41) is 4.04. The van der Waals surface area contributed by atoms with Crippen LogP contribution in [0.15, 0.2) is 47.8 Å². The van der Waals surface area contributed by atoms with Crippen LogP contribution < -0.4 is 5.43 Å². The van der Waals surface area contributed by atoms with E-state index in [2.05, 4.69) is 20.5 Å². The van der Waals surface area contributed by atoms with Gasteiger partial charge in [0.25, 0.3) is 5.91 Å². The summed E-state index contributed by atoms with van der Waals surface area (Å²) in [5.41, 5.74) is 5.26. The quantitative estimate of drug-likeness (QED) is 0.672. The Morgan fingerprint density at radius 1 is 1.26 bits per heavy atom. The van der Waals surface area contributed by atoms with Crippen LogP contribution in [-0.4, -0.2) is 21.6 Å². The summed E-state index contributed by atoms with van der Waals surface area (Å²) in [6.07, 6.45) is 3.10. The molecule has 0 unspecified atom stereocenters. The highest BCUT2D eigenvalue weighted by atomic mass is 16.2. The molecule has 0 aliphatic rings. The van der Waals surface area contributed by atoms with Crippen LogP contribution in [0, 0.1) is 6.92 Å². The zero-order valence-electron chi connectivity index (χ0n) is 10.8. The number of amides is 1. The second-order valence-electron chi connectivity index (χ2n) is 4.04. The van der Waals surface area contributed by atoms with E-state index in [4.69, 9.17) is 0 Å². The molecular weight excluding hydrogens is 240 g/mol. The Balaban J connectivity index is 2.09. The molecule has 0 spiro atoms. The number of carbonyl (C=O) groups is 1. The van der Waals surface area contributed by atoms with Crippen LogP contribution >= 0.6 is 0 Å². The lowest BCUT2D eigenvalue weighted by Gasteiger charge is -2.02. The van der Waals surface area contributed by atoms with Crippen LogP contribution in [0.3, 0.4) is 0 Å². The van der Waals surface area contributed by atoms with Gasteiger partial charge in [-0.1, -0.05) is 6.07 Å². The van der Waals surface area contributed by atoms with Gasteiger partial charge in [0.1, 0.15) is 0 Å². The van der Waals surface area contributed by atoms with Crippen molar-refractivity contribution < 1.29 is 4.79 Å². The molecule has 19 heavy (non-hydrogen) atoms. The van der Waals surface area contributed by atoms with Gasteiger partial charge in [0.2, 0.25) is 0 Å². The minimum absolute atomic E-state index is 0.292. The Labute approximate surface area is 111 Å². The zero-order valence-corrected chi connectivity index (χ0v) is 10.8. The first-order valence-corrected chi connectivity index (χ1v) is 5.85. The lowest BCUT2D eigenvalue weighted by molar-refractivity contribution is 0.0954. The van der Waals surface area contributed by atoms with Crippen LogP contribution in [0.4, 0.5) is 0 Å². The largest absolute Gasteiger partial charge is 0.272 e. The van der Waals surface area contributed by atoms with Crippen LogP contribution in [0.5, 0.6) is 0 Å². The molecule has 1 amide bonds. The van der Waals surface area contributed by atoms with Crippen LogP contribution in [0.1, 0.15) is 28.7 Å². The fourth-order valence-corrected chi connectivity index (χ4v) is 1.50. The summed E-state index contributed by atoms with van der Waals surface area (Å²) in [6, 6.07) is 9.04. The van der Waals surface area contributed by atoms with Crippen molar-refractivity contribution in [2.75, 3.05) is 0 Å². The topological polar surface area (TPSA) is 67.2 Å². The molecule has 5 heteroatoms. The predicted octanol–water partition coefficient (Wildman–Crippen LogP) is 1.94. The molecule has 0 fully saturated rings. The van der Waals surface area contributed by atoms with E-state index in [0.717, 1.165) is 11.4 Å². The number of nitrogens with zero attached hydrogens (tertiary/aromatic N) is 3. The molecule has 2 aromatic heterocycles. The lowest BCUT2D eigenvalue weighted by atomic mass is 10.2. The Hall–Kier alpha value is -2.56. The Morgan fingerprint density at radius 3 is 2.79 bits per heavy atom. The highest BCUT2D eigenvalue weighted by Gasteiger charge is 2.04. The molecule has 0 aliphatic carbocycles. The van der Waals surface area contributed by atoms with Crippen molar-refractivity contribution in [1.82, 2.24) is 15.4 Å². The van der Waals surface area contributed by atoms with Gasteiger partial charge < -0.3 is 0 Å². The Morgan fingerprint density at radius 2 is 2.11 bits per heavy atom. The molecule has 1 N–H and O–H groups in total. The maximum atomic E-state index is 11.8. The Kier molecular flexibility index (Phi) is 3.97. The highest BCUT2D eigenvalue weighted by Crippen LogP contribution is 2.00. The highest BCUT2D eigenvalue weighted by molar-refractivity contribution is 5.99. The fourth-order valence-electron chi connectivity index (χ4n) is 1.50. The third kappa shape index (κ3) is 3.45. The van der Waals surface area contributed by atoms with E-state index >= 15 is 0 Å². The molecule has 0 aliphatic heterocycles. The summed E-state index contributed by atoms with van der Waals surface area (Å²) >= 11 is 0. The number of aromatic nitrogens is 2. The monoisotopic (exact) mass is 254 g/mol. The summed E-state index contributed by atoms with van der Waals surface area (Å²) in [6.45, 7) is 3.70. The smallest absolute Gasteiger partial charge is 0.267 e. The van der Waals surface area contributed by atoms with Gasteiger partial charge >= 0.3 is 0 Å². The van der Waals surface area contributed by atoms with Crippen molar-refractivity contribution in [3.63, 3.8) is 0 Å². The van der Waals surface area contributed by atoms with Gasteiger partial charge in [0, 0.05) is 18.1 Å². The van der Waals surface area contributed by atoms with Gasteiger partial charge in [-0.3, -0.25) is 14.8 Å². The fraction of sp³-hybridized carbons (Fsp3) is 0.143. The van der Waals surface area contributed by atoms with Gasteiger partial charge in [0.15, 0.2) is 0 Å². The SMILES string of the molecule is CC(=NNC(=O)c1cccnc1)c1cccc(C)n1. The van der Waals surface area contributed by atoms with Crippen molar-refractivity contribution in [3.8, 4) is 0 Å². The third-order valence-electron chi connectivity index (χ3n) is 2.51. The molecule has 2 heterocycles. The van der Waals surface area contributed by atoms with Gasteiger partial charge in [-0.05, 0) is 38.1 Å². The zero-order chi connectivity index (χ0) is 13.7. The second-order valence-corrected chi connectivity index (χ2v) is 4.04. The van der Waals surface area contributed by atoms with Crippen molar-refractivity contribution in [2.45, 2.75) is 13.8 Å². The van der Waals surface area contributed by atoms with E-state index in [1.54, 1.807) is 25.3 Å². The number of hydrazone groups is 1. The number of hydrogen-bond donors (Lipinski definition) is 1. The van der Waals surface area contributed by atoms with Gasteiger partial charge in [-0.15, -0.1) is 0 Å². The van der Waals surface area contributed by atoms with E-state index in [-0.39, 0.29) is 5.91 Å².